The number of carbonyl (C=O) groups excluding carboxylic acids is 1. The van der Waals surface area contributed by atoms with E-state index in [4.69, 9.17) is 26.4 Å². The van der Waals surface area contributed by atoms with E-state index in [1.54, 1.807) is 24.3 Å². The second-order valence-electron chi connectivity index (χ2n) is 4.70. The summed E-state index contributed by atoms with van der Waals surface area (Å²) in [5.41, 5.74) is 11.6. The first kappa shape index (κ1) is 20.3. The van der Waals surface area contributed by atoms with Gasteiger partial charge < -0.3 is 26.4 Å². The summed E-state index contributed by atoms with van der Waals surface area (Å²) >= 11 is 0. The van der Waals surface area contributed by atoms with Crippen molar-refractivity contribution < 1.29 is 29.3 Å². The summed E-state index contributed by atoms with van der Waals surface area (Å²) in [5.74, 6) is -3.33. The molecule has 0 saturated carbocycles. The van der Waals surface area contributed by atoms with Gasteiger partial charge in [0, 0.05) is 5.75 Å². The fraction of sp³-hybridized carbons (Fsp3) is 0.357. The zero-order valence-electron chi connectivity index (χ0n) is 12.5. The number of hydrogen-bond acceptors (Lipinski definition) is 8. The van der Waals surface area contributed by atoms with Crippen LogP contribution in [0.3, 0.4) is 0 Å². The van der Waals surface area contributed by atoms with Crippen LogP contribution in [0.25, 0.3) is 0 Å². The maximum absolute atomic E-state index is 12.1. The van der Waals surface area contributed by atoms with Gasteiger partial charge in [0.2, 0.25) is 0 Å². The minimum atomic E-state index is -1.48. The molecule has 1 aromatic rings. The summed E-state index contributed by atoms with van der Waals surface area (Å²) in [6.07, 6.45) is 0. The van der Waals surface area contributed by atoms with Gasteiger partial charge in [0.15, 0.2) is 0 Å². The van der Waals surface area contributed by atoms with E-state index in [-0.39, 0.29) is 12.4 Å². The minimum Gasteiger partial charge on any atom is -0.480 e. The van der Waals surface area contributed by atoms with Crippen molar-refractivity contribution in [3.8, 4) is 0 Å². The Bertz CT molecular complexity index is 572. The van der Waals surface area contributed by atoms with Gasteiger partial charge in [-0.25, -0.2) is 0 Å². The van der Waals surface area contributed by atoms with E-state index < -0.39 is 35.2 Å². The lowest BCUT2D eigenvalue weighted by molar-refractivity contribution is -0.149. The van der Waals surface area contributed by atoms with E-state index in [1.165, 1.54) is 0 Å². The normalized spacial score (nSPS) is 14.4. The van der Waals surface area contributed by atoms with E-state index in [2.05, 4.69) is 0 Å². The average molecular weight is 374 g/mol. The van der Waals surface area contributed by atoms with Crippen LogP contribution in [0.15, 0.2) is 30.3 Å². The van der Waals surface area contributed by atoms with Gasteiger partial charge in [0.05, 0.1) is 0 Å². The maximum atomic E-state index is 12.1. The first-order valence-corrected chi connectivity index (χ1v) is 9.16. The van der Waals surface area contributed by atoms with Crippen LogP contribution in [0.4, 0.5) is 0 Å². The molecular weight excluding hydrogens is 356 g/mol. The van der Waals surface area contributed by atoms with Crippen molar-refractivity contribution in [2.45, 2.75) is 23.9 Å². The molecule has 0 radical (unpaired) electrons. The summed E-state index contributed by atoms with van der Waals surface area (Å²) in [7, 11) is 1.80. The molecule has 1 aromatic carbocycles. The Balaban J connectivity index is 2.61. The molecular formula is C14H18N2O6S2. The molecule has 3 unspecified atom stereocenters. The Morgan fingerprint density at radius 2 is 1.71 bits per heavy atom. The molecule has 6 N–H and O–H groups in total. The maximum Gasteiger partial charge on any atom is 0.322 e. The second-order valence-corrected chi connectivity index (χ2v) is 7.26. The van der Waals surface area contributed by atoms with Crippen LogP contribution in [0, 0.1) is 0 Å². The number of aliphatic carboxylic acids is 2. The quantitative estimate of drug-likeness (QED) is 0.332. The van der Waals surface area contributed by atoms with Crippen LogP contribution < -0.4 is 11.5 Å². The van der Waals surface area contributed by atoms with Crippen LogP contribution in [-0.2, 0) is 25.7 Å². The smallest absolute Gasteiger partial charge is 0.322 e. The molecule has 132 valence electrons. The standard InChI is InChI=1S/C14H18N2O6S2/c15-9(12(17)18)7-23-24-11(10(16)13(19)20)14(21)22-6-8-4-2-1-3-5-8/h1-5,9-11H,6-7,15-16H2,(H,17,18)(H,19,20). The molecule has 0 amide bonds. The van der Waals surface area contributed by atoms with Gasteiger partial charge in [-0.15, -0.1) is 0 Å². The molecule has 3 atom stereocenters. The number of carboxylic acids is 2. The van der Waals surface area contributed by atoms with Gasteiger partial charge in [-0.05, 0) is 5.56 Å². The van der Waals surface area contributed by atoms with Crippen molar-refractivity contribution in [3.05, 3.63) is 35.9 Å². The topological polar surface area (TPSA) is 153 Å². The highest BCUT2D eigenvalue weighted by molar-refractivity contribution is 8.77. The van der Waals surface area contributed by atoms with Crippen LogP contribution in [0.5, 0.6) is 0 Å². The molecule has 0 bridgehead atoms. The van der Waals surface area contributed by atoms with E-state index in [1.807, 2.05) is 6.07 Å². The lowest BCUT2D eigenvalue weighted by Crippen LogP contribution is -2.45. The third kappa shape index (κ3) is 6.79. The van der Waals surface area contributed by atoms with Crippen molar-refractivity contribution in [2.24, 2.45) is 11.5 Å². The number of ether oxygens (including phenoxy) is 1. The Labute approximate surface area is 146 Å². The average Bonchev–Trinajstić information content (AvgIpc) is 2.56. The third-order valence-corrected chi connectivity index (χ3v) is 5.57. The SMILES string of the molecule is NC(CSSC(C(=O)OCc1ccccc1)C(N)C(=O)O)C(=O)O. The highest BCUT2D eigenvalue weighted by Gasteiger charge is 2.33. The third-order valence-electron chi connectivity index (χ3n) is 2.80. The monoisotopic (exact) mass is 374 g/mol. The summed E-state index contributed by atoms with van der Waals surface area (Å²) in [5, 5.41) is 16.5. The van der Waals surface area contributed by atoms with Crippen LogP contribution in [0.1, 0.15) is 5.56 Å². The largest absolute Gasteiger partial charge is 0.480 e. The minimum absolute atomic E-state index is 0.00515. The number of hydrogen-bond donors (Lipinski definition) is 4. The summed E-state index contributed by atoms with van der Waals surface area (Å²) < 4.78 is 5.10. The highest BCUT2D eigenvalue weighted by atomic mass is 33.1. The van der Waals surface area contributed by atoms with Gasteiger partial charge in [-0.1, -0.05) is 51.9 Å². The number of nitrogens with two attached hydrogens (primary N) is 2. The zero-order valence-corrected chi connectivity index (χ0v) is 14.2. The molecule has 0 heterocycles. The van der Waals surface area contributed by atoms with E-state index in [0.717, 1.165) is 27.2 Å². The Kier molecular flexibility index (Phi) is 8.61. The molecule has 0 aromatic heterocycles. The first-order valence-electron chi connectivity index (χ1n) is 6.78. The van der Waals surface area contributed by atoms with Gasteiger partial charge >= 0.3 is 17.9 Å². The van der Waals surface area contributed by atoms with Crippen LogP contribution in [-0.4, -0.2) is 51.2 Å². The van der Waals surface area contributed by atoms with Gasteiger partial charge in [0.1, 0.15) is 23.9 Å². The first-order chi connectivity index (χ1) is 11.3. The fourth-order valence-corrected chi connectivity index (χ4v) is 4.05. The molecule has 0 fully saturated rings. The number of carboxylic acid groups (broad SMARTS) is 2. The Morgan fingerprint density at radius 3 is 2.25 bits per heavy atom. The number of esters is 1. The molecule has 1 rings (SSSR count). The highest BCUT2D eigenvalue weighted by Crippen LogP contribution is 2.30. The molecule has 0 aliphatic rings. The molecule has 0 saturated heterocycles. The number of rotatable bonds is 10. The zero-order chi connectivity index (χ0) is 18.1. The van der Waals surface area contributed by atoms with Gasteiger partial charge in [-0.3, -0.25) is 14.4 Å². The van der Waals surface area contributed by atoms with Crippen molar-refractivity contribution in [1.82, 2.24) is 0 Å². The molecule has 0 spiro atoms. The predicted octanol–water partition coefficient (Wildman–Crippen LogP) is 0.304. The van der Waals surface area contributed by atoms with Crippen molar-refractivity contribution in [2.75, 3.05) is 5.75 Å². The van der Waals surface area contributed by atoms with Gasteiger partial charge in [0.25, 0.3) is 0 Å². The molecule has 8 nitrogen and oxygen atoms in total. The molecule has 0 aliphatic carbocycles. The second kappa shape index (κ2) is 10.2. The summed E-state index contributed by atoms with van der Waals surface area (Å²) in [4.78, 5) is 33.8. The number of carbonyl (C=O) groups is 3. The summed E-state index contributed by atoms with van der Waals surface area (Å²) in [6.45, 7) is -0.0115. The van der Waals surface area contributed by atoms with E-state index in [9.17, 15) is 14.4 Å². The predicted molar refractivity (Wildman–Crippen MR) is 91.3 cm³/mol. The Morgan fingerprint density at radius 1 is 1.08 bits per heavy atom. The fourth-order valence-electron chi connectivity index (χ4n) is 1.44. The Hall–Kier alpha value is -1.75. The van der Waals surface area contributed by atoms with Crippen molar-refractivity contribution in [1.29, 1.82) is 0 Å². The van der Waals surface area contributed by atoms with E-state index in [0.29, 0.717) is 0 Å². The lowest BCUT2D eigenvalue weighted by atomic mass is 10.2. The van der Waals surface area contributed by atoms with Gasteiger partial charge in [-0.2, -0.15) is 0 Å². The van der Waals surface area contributed by atoms with Crippen LogP contribution in [0.2, 0.25) is 0 Å². The molecule has 24 heavy (non-hydrogen) atoms. The lowest BCUT2D eigenvalue weighted by Gasteiger charge is -2.19. The molecule has 10 heteroatoms. The number of benzene rings is 1. The van der Waals surface area contributed by atoms with Crippen molar-refractivity contribution >= 4 is 39.5 Å². The van der Waals surface area contributed by atoms with Crippen molar-refractivity contribution in [3.63, 3.8) is 0 Å². The summed E-state index contributed by atoms with van der Waals surface area (Å²) in [6, 6.07) is 6.28. The molecule has 0 aliphatic heterocycles. The van der Waals surface area contributed by atoms with Crippen LogP contribution >= 0.6 is 21.6 Å². The van der Waals surface area contributed by atoms with E-state index >= 15 is 0 Å².